The predicted molar refractivity (Wildman–Crippen MR) is 92.6 cm³/mol. The van der Waals surface area contributed by atoms with Crippen molar-refractivity contribution in [3.63, 3.8) is 0 Å². The molecular weight excluding hydrogens is 359 g/mol. The monoisotopic (exact) mass is 378 g/mol. The summed E-state index contributed by atoms with van der Waals surface area (Å²) in [6.45, 7) is 2.70. The third kappa shape index (κ3) is 4.59. The van der Waals surface area contributed by atoms with Crippen molar-refractivity contribution in [2.24, 2.45) is 0 Å². The highest BCUT2D eigenvalue weighted by Crippen LogP contribution is 2.26. The summed E-state index contributed by atoms with van der Waals surface area (Å²) in [6, 6.07) is 4.84. The van der Waals surface area contributed by atoms with Crippen molar-refractivity contribution in [3.8, 4) is 0 Å². The van der Waals surface area contributed by atoms with E-state index < -0.39 is 10.0 Å². The zero-order valence-corrected chi connectivity index (χ0v) is 15.2. The molecule has 1 aliphatic rings. The van der Waals surface area contributed by atoms with Crippen molar-refractivity contribution < 1.29 is 13.2 Å². The molecule has 0 unspecified atom stereocenters. The summed E-state index contributed by atoms with van der Waals surface area (Å²) in [4.78, 5) is 12.3. The first kappa shape index (κ1) is 18.5. The number of carbonyl (C=O) groups excluding carboxylic acids is 1. The van der Waals surface area contributed by atoms with Gasteiger partial charge in [-0.1, -0.05) is 36.2 Å². The van der Waals surface area contributed by atoms with Gasteiger partial charge in [0.05, 0.1) is 21.4 Å². The molecule has 0 radical (unpaired) electrons. The molecule has 0 aromatic heterocycles. The average Bonchev–Trinajstić information content (AvgIpc) is 2.50. The highest BCUT2D eigenvalue weighted by Gasteiger charge is 2.28. The summed E-state index contributed by atoms with van der Waals surface area (Å²) >= 11 is 12.0. The van der Waals surface area contributed by atoms with Crippen LogP contribution in [0.5, 0.6) is 0 Å². The van der Waals surface area contributed by atoms with E-state index in [1.807, 2.05) is 6.92 Å². The van der Waals surface area contributed by atoms with E-state index in [4.69, 9.17) is 23.2 Å². The Morgan fingerprint density at radius 2 is 1.96 bits per heavy atom. The smallest absolute Gasteiger partial charge is 0.253 e. The molecule has 0 atom stereocenters. The van der Waals surface area contributed by atoms with Crippen LogP contribution in [0.3, 0.4) is 0 Å². The first-order valence-electron chi connectivity index (χ1n) is 7.58. The lowest BCUT2D eigenvalue weighted by Crippen LogP contribution is -2.47. The molecule has 0 bridgehead atoms. The lowest BCUT2D eigenvalue weighted by atomic mass is 10.1. The number of piperidine rings is 1. The molecule has 2 rings (SSSR count). The Morgan fingerprint density at radius 3 is 2.57 bits per heavy atom. The molecule has 1 N–H and O–H groups in total. The van der Waals surface area contributed by atoms with Crippen LogP contribution in [0.25, 0.3) is 0 Å². The van der Waals surface area contributed by atoms with E-state index in [0.29, 0.717) is 42.9 Å². The van der Waals surface area contributed by atoms with E-state index in [0.717, 1.165) is 0 Å². The van der Waals surface area contributed by atoms with Crippen LogP contribution in [0.15, 0.2) is 18.2 Å². The molecular formula is C15H20Cl2N2O3S. The number of nitrogens with one attached hydrogen (secondary N) is 1. The van der Waals surface area contributed by atoms with Crippen molar-refractivity contribution in [1.82, 2.24) is 9.62 Å². The molecule has 1 heterocycles. The number of hydrogen-bond acceptors (Lipinski definition) is 3. The summed E-state index contributed by atoms with van der Waals surface area (Å²) in [6.07, 6.45) is 1.78. The molecule has 0 spiro atoms. The largest absolute Gasteiger partial charge is 0.349 e. The fraction of sp³-hybridized carbons (Fsp3) is 0.533. The first-order chi connectivity index (χ1) is 10.8. The van der Waals surface area contributed by atoms with E-state index in [9.17, 15) is 13.2 Å². The molecule has 1 aromatic rings. The lowest BCUT2D eigenvalue weighted by molar-refractivity contribution is 0.0924. The van der Waals surface area contributed by atoms with E-state index >= 15 is 0 Å². The minimum Gasteiger partial charge on any atom is -0.349 e. The third-order valence-electron chi connectivity index (χ3n) is 3.84. The Kier molecular flexibility index (Phi) is 6.31. The highest BCUT2D eigenvalue weighted by atomic mass is 35.5. The van der Waals surface area contributed by atoms with Gasteiger partial charge in [0.1, 0.15) is 0 Å². The normalized spacial score (nSPS) is 17.2. The molecule has 1 aromatic carbocycles. The zero-order chi connectivity index (χ0) is 17.0. The van der Waals surface area contributed by atoms with E-state index in [-0.39, 0.29) is 22.7 Å². The van der Waals surface area contributed by atoms with Crippen LogP contribution in [0.1, 0.15) is 36.5 Å². The minimum atomic E-state index is -3.17. The quantitative estimate of drug-likeness (QED) is 0.856. The van der Waals surface area contributed by atoms with Crippen molar-refractivity contribution >= 4 is 39.1 Å². The van der Waals surface area contributed by atoms with Crippen LogP contribution in [0, 0.1) is 0 Å². The fourth-order valence-corrected chi connectivity index (χ4v) is 4.54. The Labute approximate surface area is 147 Å². The van der Waals surface area contributed by atoms with E-state index in [2.05, 4.69) is 5.32 Å². The molecule has 1 saturated heterocycles. The first-order valence-corrected chi connectivity index (χ1v) is 9.94. The molecule has 1 aliphatic heterocycles. The van der Waals surface area contributed by atoms with Crippen LogP contribution >= 0.6 is 23.2 Å². The summed E-state index contributed by atoms with van der Waals surface area (Å²) in [5, 5.41) is 3.47. The van der Waals surface area contributed by atoms with Gasteiger partial charge >= 0.3 is 0 Å². The van der Waals surface area contributed by atoms with Crippen molar-refractivity contribution in [3.05, 3.63) is 33.8 Å². The van der Waals surface area contributed by atoms with Gasteiger partial charge in [-0.15, -0.1) is 0 Å². The number of nitrogens with zero attached hydrogens (tertiary/aromatic N) is 1. The molecule has 1 fully saturated rings. The van der Waals surface area contributed by atoms with Gasteiger partial charge in [-0.25, -0.2) is 12.7 Å². The van der Waals surface area contributed by atoms with Crippen molar-refractivity contribution in [2.75, 3.05) is 18.8 Å². The maximum absolute atomic E-state index is 12.3. The third-order valence-corrected chi connectivity index (χ3v) is 6.74. The highest BCUT2D eigenvalue weighted by molar-refractivity contribution is 7.89. The van der Waals surface area contributed by atoms with Gasteiger partial charge < -0.3 is 5.32 Å². The van der Waals surface area contributed by atoms with E-state index in [1.54, 1.807) is 18.2 Å². The second kappa shape index (κ2) is 7.83. The number of rotatable bonds is 5. The molecule has 128 valence electrons. The van der Waals surface area contributed by atoms with Crippen molar-refractivity contribution in [1.29, 1.82) is 0 Å². The van der Waals surface area contributed by atoms with Gasteiger partial charge in [0, 0.05) is 19.1 Å². The van der Waals surface area contributed by atoms with E-state index in [1.165, 1.54) is 4.31 Å². The zero-order valence-electron chi connectivity index (χ0n) is 12.9. The van der Waals surface area contributed by atoms with Gasteiger partial charge in [0.2, 0.25) is 10.0 Å². The number of carbonyl (C=O) groups is 1. The topological polar surface area (TPSA) is 66.5 Å². The summed E-state index contributed by atoms with van der Waals surface area (Å²) in [5.74, 6) is -0.116. The molecule has 8 heteroatoms. The maximum Gasteiger partial charge on any atom is 0.253 e. The van der Waals surface area contributed by atoms with Gasteiger partial charge in [0.15, 0.2) is 0 Å². The van der Waals surface area contributed by atoms with Gasteiger partial charge in [0.25, 0.3) is 5.91 Å². The Morgan fingerprint density at radius 1 is 1.30 bits per heavy atom. The number of hydrogen-bond donors (Lipinski definition) is 1. The van der Waals surface area contributed by atoms with Crippen LogP contribution < -0.4 is 5.32 Å². The average molecular weight is 379 g/mol. The van der Waals surface area contributed by atoms with Crippen LogP contribution in [-0.4, -0.2) is 43.5 Å². The second-order valence-electron chi connectivity index (χ2n) is 5.56. The standard InChI is InChI=1S/C15H20Cl2N2O3S/c1-2-10-23(21,22)19-8-6-11(7-9-19)18-15(20)12-4-3-5-13(16)14(12)17/h3-5,11H,2,6-10H2,1H3,(H,18,20). The summed E-state index contributed by atoms with van der Waals surface area (Å²) in [5.41, 5.74) is 0.334. The Hall–Kier alpha value is -0.820. The minimum absolute atomic E-state index is 0.0642. The molecule has 0 aliphatic carbocycles. The number of halogens is 2. The lowest BCUT2D eigenvalue weighted by Gasteiger charge is -2.31. The molecule has 1 amide bonds. The Balaban J connectivity index is 1.94. The SMILES string of the molecule is CCCS(=O)(=O)N1CCC(NC(=O)c2cccc(Cl)c2Cl)CC1. The molecule has 0 saturated carbocycles. The molecule has 5 nitrogen and oxygen atoms in total. The fourth-order valence-electron chi connectivity index (χ4n) is 2.61. The summed E-state index contributed by atoms with van der Waals surface area (Å²) < 4.78 is 25.6. The van der Waals surface area contributed by atoms with Crippen molar-refractivity contribution in [2.45, 2.75) is 32.2 Å². The Bertz CT molecular complexity index is 671. The number of amides is 1. The van der Waals surface area contributed by atoms with Crippen LogP contribution in [0.4, 0.5) is 0 Å². The molecule has 23 heavy (non-hydrogen) atoms. The van der Waals surface area contributed by atoms with Gasteiger partial charge in [-0.05, 0) is 31.4 Å². The summed E-state index contributed by atoms with van der Waals surface area (Å²) in [7, 11) is -3.17. The number of benzene rings is 1. The maximum atomic E-state index is 12.3. The van der Waals surface area contributed by atoms with Gasteiger partial charge in [-0.3, -0.25) is 4.79 Å². The number of sulfonamides is 1. The van der Waals surface area contributed by atoms with Crippen LogP contribution in [-0.2, 0) is 10.0 Å². The predicted octanol–water partition coefficient (Wildman–Crippen LogP) is 2.93. The second-order valence-corrected chi connectivity index (χ2v) is 8.44. The van der Waals surface area contributed by atoms with Gasteiger partial charge in [-0.2, -0.15) is 0 Å². The van der Waals surface area contributed by atoms with Crippen LogP contribution in [0.2, 0.25) is 10.0 Å².